The fourth-order valence-corrected chi connectivity index (χ4v) is 4.02. The van der Waals surface area contributed by atoms with E-state index in [1.807, 2.05) is 13.2 Å². The predicted octanol–water partition coefficient (Wildman–Crippen LogP) is 1.94. The Morgan fingerprint density at radius 3 is 2.45 bits per heavy atom. The molecule has 1 atom stereocenters. The second-order valence-electron chi connectivity index (χ2n) is 4.47. The molecule has 1 aromatic carbocycles. The minimum atomic E-state index is -3.47. The summed E-state index contributed by atoms with van der Waals surface area (Å²) in [6.07, 6.45) is 3.20. The molecular formula is C13H20N2O2S3. The Balaban J connectivity index is 2.84. The largest absolute Gasteiger partial charge is 0.393 e. The average molecular weight is 333 g/mol. The van der Waals surface area contributed by atoms with Crippen LogP contribution in [0.5, 0.6) is 0 Å². The number of hydrogen-bond acceptors (Lipinski definition) is 4. The highest BCUT2D eigenvalue weighted by molar-refractivity contribution is 7.98. The fourth-order valence-electron chi connectivity index (χ4n) is 1.71. The van der Waals surface area contributed by atoms with E-state index >= 15 is 0 Å². The van der Waals surface area contributed by atoms with E-state index in [0.717, 1.165) is 17.7 Å². The monoisotopic (exact) mass is 332 g/mol. The third kappa shape index (κ3) is 5.40. The van der Waals surface area contributed by atoms with Crippen molar-refractivity contribution in [1.82, 2.24) is 4.72 Å². The van der Waals surface area contributed by atoms with Gasteiger partial charge < -0.3 is 5.73 Å². The Morgan fingerprint density at radius 2 is 2.00 bits per heavy atom. The van der Waals surface area contributed by atoms with Crippen LogP contribution in [0, 0.1) is 0 Å². The van der Waals surface area contributed by atoms with Gasteiger partial charge in [0.2, 0.25) is 10.0 Å². The fraction of sp³-hybridized carbons (Fsp3) is 0.462. The zero-order valence-electron chi connectivity index (χ0n) is 11.6. The minimum Gasteiger partial charge on any atom is -0.393 e. The molecule has 0 saturated heterocycles. The van der Waals surface area contributed by atoms with E-state index in [0.29, 0.717) is 11.4 Å². The Hall–Kier alpha value is -0.630. The van der Waals surface area contributed by atoms with Crippen LogP contribution in [0.3, 0.4) is 0 Å². The van der Waals surface area contributed by atoms with Crippen LogP contribution in [-0.4, -0.2) is 31.5 Å². The maximum absolute atomic E-state index is 12.2. The molecule has 0 bridgehead atoms. The van der Waals surface area contributed by atoms with Crippen molar-refractivity contribution >= 4 is 39.0 Å². The molecule has 1 aromatic rings. The molecule has 1 unspecified atom stereocenters. The van der Waals surface area contributed by atoms with Gasteiger partial charge in [-0.3, -0.25) is 0 Å². The van der Waals surface area contributed by atoms with Crippen molar-refractivity contribution in [3.8, 4) is 0 Å². The Bertz CT molecular complexity index is 541. The van der Waals surface area contributed by atoms with Crippen molar-refractivity contribution in [2.24, 2.45) is 5.73 Å². The summed E-state index contributed by atoms with van der Waals surface area (Å²) in [4.78, 5) is 0.661. The highest BCUT2D eigenvalue weighted by atomic mass is 32.2. The van der Waals surface area contributed by atoms with Crippen LogP contribution in [0.15, 0.2) is 29.2 Å². The summed E-state index contributed by atoms with van der Waals surface area (Å²) in [5, 5.41) is 0. The average Bonchev–Trinajstić information content (AvgIpc) is 2.38. The van der Waals surface area contributed by atoms with Crippen molar-refractivity contribution in [3.05, 3.63) is 29.8 Å². The summed E-state index contributed by atoms with van der Waals surface area (Å²) >= 11 is 6.45. The second-order valence-corrected chi connectivity index (χ2v) is 7.62. The van der Waals surface area contributed by atoms with E-state index in [1.165, 1.54) is 0 Å². The Morgan fingerprint density at radius 1 is 1.40 bits per heavy atom. The van der Waals surface area contributed by atoms with Gasteiger partial charge in [0.1, 0.15) is 0 Å². The molecule has 3 N–H and O–H groups in total. The van der Waals surface area contributed by atoms with Gasteiger partial charge in [-0.05, 0) is 30.4 Å². The van der Waals surface area contributed by atoms with Crippen LogP contribution >= 0.6 is 24.0 Å². The van der Waals surface area contributed by atoms with Gasteiger partial charge in [-0.2, -0.15) is 11.8 Å². The number of nitrogens with two attached hydrogens (primary N) is 1. The molecule has 0 spiro atoms. The molecule has 0 aliphatic carbocycles. The van der Waals surface area contributed by atoms with Crippen molar-refractivity contribution in [2.75, 3.05) is 12.0 Å². The van der Waals surface area contributed by atoms with Crippen LogP contribution in [0.4, 0.5) is 0 Å². The first-order valence-corrected chi connectivity index (χ1v) is 9.56. The van der Waals surface area contributed by atoms with Gasteiger partial charge in [0.25, 0.3) is 0 Å². The number of rotatable bonds is 8. The van der Waals surface area contributed by atoms with Gasteiger partial charge in [0, 0.05) is 18.2 Å². The van der Waals surface area contributed by atoms with E-state index in [-0.39, 0.29) is 10.9 Å². The molecule has 0 fully saturated rings. The van der Waals surface area contributed by atoms with Crippen LogP contribution < -0.4 is 10.5 Å². The molecule has 0 aliphatic rings. The summed E-state index contributed by atoms with van der Waals surface area (Å²) in [6.45, 7) is 1.97. The second kappa shape index (κ2) is 7.97. The van der Waals surface area contributed by atoms with Crippen molar-refractivity contribution in [2.45, 2.75) is 30.7 Å². The lowest BCUT2D eigenvalue weighted by Crippen LogP contribution is -2.36. The minimum absolute atomic E-state index is 0.0497. The standard InChI is InChI=1S/C13H20N2O2S3/c1-3-11(9-19-2)15-20(16,17)12-6-4-10(5-7-12)8-13(14)18/h4-7,11,15H,3,8-9H2,1-2H3,(H2,14,18). The lowest BCUT2D eigenvalue weighted by Gasteiger charge is -2.16. The Labute approximate surface area is 130 Å². The smallest absolute Gasteiger partial charge is 0.240 e. The Kier molecular flexibility index (Phi) is 6.94. The number of thiocarbonyl (C=S) groups is 1. The molecule has 4 nitrogen and oxygen atoms in total. The highest BCUT2D eigenvalue weighted by Gasteiger charge is 2.18. The molecule has 1 rings (SSSR count). The summed E-state index contributed by atoms with van der Waals surface area (Å²) < 4.78 is 27.2. The molecule has 7 heteroatoms. The number of thioether (sulfide) groups is 1. The summed E-state index contributed by atoms with van der Waals surface area (Å²) in [7, 11) is -3.47. The van der Waals surface area contributed by atoms with E-state index in [2.05, 4.69) is 4.72 Å². The third-order valence-electron chi connectivity index (χ3n) is 2.79. The molecule has 0 saturated carbocycles. The van der Waals surface area contributed by atoms with Crippen molar-refractivity contribution in [1.29, 1.82) is 0 Å². The van der Waals surface area contributed by atoms with E-state index in [1.54, 1.807) is 36.0 Å². The quantitative estimate of drug-likeness (QED) is 0.712. The molecule has 0 radical (unpaired) electrons. The first-order chi connectivity index (χ1) is 9.39. The molecule has 20 heavy (non-hydrogen) atoms. The van der Waals surface area contributed by atoms with Crippen molar-refractivity contribution < 1.29 is 8.42 Å². The molecule has 0 heterocycles. The first-order valence-electron chi connectivity index (χ1n) is 6.27. The molecule has 112 valence electrons. The number of sulfonamides is 1. The molecule has 0 aliphatic heterocycles. The third-order valence-corrected chi connectivity index (χ3v) is 5.21. The van der Waals surface area contributed by atoms with Gasteiger partial charge in [-0.25, -0.2) is 13.1 Å². The SMILES string of the molecule is CCC(CSC)NS(=O)(=O)c1ccc(CC(N)=S)cc1. The van der Waals surface area contributed by atoms with Gasteiger partial charge in [-0.15, -0.1) is 0 Å². The maximum Gasteiger partial charge on any atom is 0.240 e. The van der Waals surface area contributed by atoms with E-state index in [4.69, 9.17) is 18.0 Å². The predicted molar refractivity (Wildman–Crippen MR) is 89.7 cm³/mol. The van der Waals surface area contributed by atoms with Gasteiger partial charge >= 0.3 is 0 Å². The van der Waals surface area contributed by atoms with Crippen molar-refractivity contribution in [3.63, 3.8) is 0 Å². The number of hydrogen-bond donors (Lipinski definition) is 2. The zero-order chi connectivity index (χ0) is 15.2. The first kappa shape index (κ1) is 17.4. The maximum atomic E-state index is 12.2. The van der Waals surface area contributed by atoms with Gasteiger partial charge in [-0.1, -0.05) is 31.3 Å². The topological polar surface area (TPSA) is 72.2 Å². The lowest BCUT2D eigenvalue weighted by molar-refractivity contribution is 0.558. The van der Waals surface area contributed by atoms with Crippen LogP contribution in [0.2, 0.25) is 0 Å². The number of benzene rings is 1. The highest BCUT2D eigenvalue weighted by Crippen LogP contribution is 2.13. The summed E-state index contributed by atoms with van der Waals surface area (Å²) in [5.41, 5.74) is 6.37. The summed E-state index contributed by atoms with van der Waals surface area (Å²) in [6, 6.07) is 6.60. The van der Waals surface area contributed by atoms with E-state index < -0.39 is 10.0 Å². The van der Waals surface area contributed by atoms with Crippen LogP contribution in [-0.2, 0) is 16.4 Å². The molecular weight excluding hydrogens is 312 g/mol. The summed E-state index contributed by atoms with van der Waals surface area (Å²) in [5.74, 6) is 0.759. The van der Waals surface area contributed by atoms with Crippen LogP contribution in [0.25, 0.3) is 0 Å². The number of nitrogens with one attached hydrogen (secondary N) is 1. The normalized spacial score (nSPS) is 13.1. The zero-order valence-corrected chi connectivity index (χ0v) is 14.1. The lowest BCUT2D eigenvalue weighted by atomic mass is 10.1. The van der Waals surface area contributed by atoms with Gasteiger partial charge in [0.05, 0.1) is 9.88 Å². The van der Waals surface area contributed by atoms with Crippen LogP contribution in [0.1, 0.15) is 18.9 Å². The van der Waals surface area contributed by atoms with Gasteiger partial charge in [0.15, 0.2) is 0 Å². The van der Waals surface area contributed by atoms with E-state index in [9.17, 15) is 8.42 Å². The molecule has 0 aromatic heterocycles. The molecule has 0 amide bonds.